The summed E-state index contributed by atoms with van der Waals surface area (Å²) in [4.78, 5) is 0. The first kappa shape index (κ1) is 22.7. The third-order valence-corrected chi connectivity index (χ3v) is 9.30. The van der Waals surface area contributed by atoms with Gasteiger partial charge in [-0.1, -0.05) is 109 Å². The Morgan fingerprint density at radius 2 is 1.24 bits per heavy atom. The van der Waals surface area contributed by atoms with Crippen LogP contribution >= 0.6 is 0 Å². The minimum Gasteiger partial charge on any atom is -0.456 e. The lowest BCUT2D eigenvalue weighted by molar-refractivity contribution is 0.487. The second-order valence-corrected chi connectivity index (χ2v) is 11.4. The van der Waals surface area contributed by atoms with Gasteiger partial charge in [0.05, 0.1) is 0 Å². The van der Waals surface area contributed by atoms with E-state index < -0.39 is 0 Å². The smallest absolute Gasteiger partial charge is 0.135 e. The van der Waals surface area contributed by atoms with Crippen molar-refractivity contribution in [1.29, 1.82) is 0 Å². The molecule has 1 heteroatoms. The third-order valence-electron chi connectivity index (χ3n) is 9.30. The summed E-state index contributed by atoms with van der Waals surface area (Å²) < 4.78 is 6.30. The Morgan fingerprint density at radius 3 is 2.17 bits per heavy atom. The van der Waals surface area contributed by atoms with Gasteiger partial charge < -0.3 is 4.74 Å². The quantitative estimate of drug-likeness (QED) is 0.219. The van der Waals surface area contributed by atoms with E-state index in [1.807, 2.05) is 6.07 Å². The second kappa shape index (κ2) is 8.19. The monoisotopic (exact) mass is 522 g/mol. The summed E-state index contributed by atoms with van der Waals surface area (Å²) in [7, 11) is 0. The standard InChI is InChI=1S/C40H26O/c1-40(29-12-3-2-4-13-29)35-24-26(19-20-31(35)33-21-18-25-10-5-6-14-30(25)39(33)40)28-22-27-11-9-17-37-38(27)34(23-28)32-15-7-8-16-36(32)41-37/h2-24H,1H3. The highest BCUT2D eigenvalue weighted by molar-refractivity contribution is 6.07. The van der Waals surface area contributed by atoms with Crippen LogP contribution in [0.25, 0.3) is 54.9 Å². The van der Waals surface area contributed by atoms with Crippen molar-refractivity contribution in [2.24, 2.45) is 0 Å². The van der Waals surface area contributed by atoms with Crippen molar-refractivity contribution in [3.8, 4) is 44.9 Å². The topological polar surface area (TPSA) is 9.23 Å². The van der Waals surface area contributed by atoms with Crippen molar-refractivity contribution in [2.45, 2.75) is 12.3 Å². The van der Waals surface area contributed by atoms with Gasteiger partial charge in [0, 0.05) is 16.4 Å². The van der Waals surface area contributed by atoms with E-state index >= 15 is 0 Å². The van der Waals surface area contributed by atoms with Crippen LogP contribution in [0.1, 0.15) is 23.6 Å². The Kier molecular flexibility index (Phi) is 4.52. The van der Waals surface area contributed by atoms with Gasteiger partial charge in [0.1, 0.15) is 11.5 Å². The Hall–Kier alpha value is -5.14. The highest BCUT2D eigenvalue weighted by atomic mass is 16.5. The van der Waals surface area contributed by atoms with Crippen LogP contribution in [-0.4, -0.2) is 0 Å². The molecule has 1 unspecified atom stereocenters. The molecule has 0 bridgehead atoms. The number of rotatable bonds is 2. The predicted octanol–water partition coefficient (Wildman–Crippen LogP) is 10.8. The fourth-order valence-corrected chi connectivity index (χ4v) is 7.37. The fourth-order valence-electron chi connectivity index (χ4n) is 7.37. The van der Waals surface area contributed by atoms with Gasteiger partial charge in [0.15, 0.2) is 0 Å². The van der Waals surface area contributed by atoms with Crippen LogP contribution in [-0.2, 0) is 5.41 Å². The zero-order valence-electron chi connectivity index (χ0n) is 22.7. The van der Waals surface area contributed by atoms with Crippen molar-refractivity contribution in [3.63, 3.8) is 0 Å². The minimum atomic E-state index is -0.276. The molecule has 0 fully saturated rings. The number of fused-ring (bicyclic) bond motifs is 7. The molecule has 0 N–H and O–H groups in total. The molecule has 1 heterocycles. The van der Waals surface area contributed by atoms with E-state index in [0.717, 1.165) is 17.1 Å². The maximum absolute atomic E-state index is 6.30. The van der Waals surface area contributed by atoms with Crippen molar-refractivity contribution in [3.05, 3.63) is 156 Å². The molecule has 1 atom stereocenters. The zero-order valence-corrected chi connectivity index (χ0v) is 22.7. The fraction of sp³-hybridized carbons (Fsp3) is 0.0500. The number of ether oxygens (including phenoxy) is 1. The van der Waals surface area contributed by atoms with Crippen molar-refractivity contribution < 1.29 is 4.74 Å². The normalized spacial score (nSPS) is 16.2. The Bertz CT molecular complexity index is 2190. The van der Waals surface area contributed by atoms with Crippen LogP contribution in [0.5, 0.6) is 11.5 Å². The van der Waals surface area contributed by atoms with Gasteiger partial charge in [-0.25, -0.2) is 0 Å². The van der Waals surface area contributed by atoms with Crippen LogP contribution in [0.3, 0.4) is 0 Å². The molecule has 0 saturated carbocycles. The first-order valence-corrected chi connectivity index (χ1v) is 14.3. The van der Waals surface area contributed by atoms with Crippen LogP contribution in [0.4, 0.5) is 0 Å². The molecule has 7 aromatic carbocycles. The average molecular weight is 523 g/mol. The Morgan fingerprint density at radius 1 is 0.488 bits per heavy atom. The SMILES string of the molecule is CC1(c2ccccc2)c2cc(-c3cc4c5c(cccc5c3)Oc3ccccc3-4)ccc2-c2ccc3ccccc3c21. The highest BCUT2D eigenvalue weighted by Gasteiger charge is 2.42. The first-order valence-electron chi connectivity index (χ1n) is 14.3. The first-order chi connectivity index (χ1) is 20.2. The average Bonchev–Trinajstić information content (AvgIpc) is 3.30. The molecule has 192 valence electrons. The molecule has 0 saturated heterocycles. The highest BCUT2D eigenvalue weighted by Crippen LogP contribution is 2.56. The van der Waals surface area contributed by atoms with E-state index in [-0.39, 0.29) is 5.41 Å². The molecular weight excluding hydrogens is 496 g/mol. The molecule has 0 aromatic heterocycles. The number of hydrogen-bond acceptors (Lipinski definition) is 1. The Labute approximate surface area is 239 Å². The van der Waals surface area contributed by atoms with E-state index in [1.54, 1.807) is 0 Å². The van der Waals surface area contributed by atoms with Crippen LogP contribution in [0.2, 0.25) is 0 Å². The lowest BCUT2D eigenvalue weighted by atomic mass is 9.72. The molecule has 1 aliphatic carbocycles. The van der Waals surface area contributed by atoms with Gasteiger partial charge >= 0.3 is 0 Å². The van der Waals surface area contributed by atoms with Gasteiger partial charge in [0.25, 0.3) is 0 Å². The van der Waals surface area contributed by atoms with Crippen LogP contribution in [0.15, 0.2) is 140 Å². The zero-order chi connectivity index (χ0) is 27.1. The molecule has 9 rings (SSSR count). The van der Waals surface area contributed by atoms with Gasteiger partial charge in [-0.2, -0.15) is 0 Å². The summed E-state index contributed by atoms with van der Waals surface area (Å²) in [6.07, 6.45) is 0. The predicted molar refractivity (Wildman–Crippen MR) is 170 cm³/mol. The molecule has 41 heavy (non-hydrogen) atoms. The molecule has 1 nitrogen and oxygen atoms in total. The van der Waals surface area contributed by atoms with E-state index in [4.69, 9.17) is 4.74 Å². The summed E-state index contributed by atoms with van der Waals surface area (Å²) in [5.74, 6) is 1.84. The second-order valence-electron chi connectivity index (χ2n) is 11.4. The van der Waals surface area contributed by atoms with E-state index in [0.29, 0.717) is 0 Å². The number of hydrogen-bond donors (Lipinski definition) is 0. The minimum absolute atomic E-state index is 0.276. The van der Waals surface area contributed by atoms with Gasteiger partial charge in [-0.05, 0) is 97.9 Å². The van der Waals surface area contributed by atoms with Gasteiger partial charge in [-0.3, -0.25) is 0 Å². The number of benzene rings is 7. The molecular formula is C40H26O. The summed E-state index contributed by atoms with van der Waals surface area (Å²) in [6.45, 7) is 2.41. The van der Waals surface area contributed by atoms with Crippen LogP contribution in [0, 0.1) is 0 Å². The third kappa shape index (κ3) is 3.06. The van der Waals surface area contributed by atoms with E-state index in [2.05, 4.69) is 140 Å². The van der Waals surface area contributed by atoms with E-state index in [9.17, 15) is 0 Å². The molecule has 2 aliphatic rings. The summed E-state index contributed by atoms with van der Waals surface area (Å²) in [5, 5.41) is 4.99. The largest absolute Gasteiger partial charge is 0.456 e. The molecule has 0 radical (unpaired) electrons. The summed E-state index contributed by atoms with van der Waals surface area (Å²) in [6, 6.07) is 50.9. The van der Waals surface area contributed by atoms with Crippen molar-refractivity contribution in [2.75, 3.05) is 0 Å². The van der Waals surface area contributed by atoms with Gasteiger partial charge in [0.2, 0.25) is 0 Å². The molecule has 7 aromatic rings. The summed E-state index contributed by atoms with van der Waals surface area (Å²) >= 11 is 0. The Balaban J connectivity index is 1.31. The van der Waals surface area contributed by atoms with Crippen LogP contribution < -0.4 is 4.74 Å². The lowest BCUT2D eigenvalue weighted by Gasteiger charge is -2.30. The van der Waals surface area contributed by atoms with Gasteiger partial charge in [-0.15, -0.1) is 0 Å². The molecule has 0 spiro atoms. The van der Waals surface area contributed by atoms with Crippen molar-refractivity contribution in [1.82, 2.24) is 0 Å². The summed E-state index contributed by atoms with van der Waals surface area (Å²) in [5.41, 5.74) is 11.3. The van der Waals surface area contributed by atoms with E-state index in [1.165, 1.54) is 66.1 Å². The maximum Gasteiger partial charge on any atom is 0.135 e. The lowest BCUT2D eigenvalue weighted by Crippen LogP contribution is -2.22. The maximum atomic E-state index is 6.30. The molecule has 0 amide bonds. The number of para-hydroxylation sites is 1. The van der Waals surface area contributed by atoms with Crippen molar-refractivity contribution >= 4 is 21.5 Å². The molecule has 1 aliphatic heterocycles.